The Morgan fingerprint density at radius 3 is 2.42 bits per heavy atom. The number of rotatable bonds is 3. The maximum Gasteiger partial charge on any atom is 0.371 e. The number of furan rings is 1. The first kappa shape index (κ1) is 8.45. The highest BCUT2D eigenvalue weighted by molar-refractivity contribution is 5.95. The first-order chi connectivity index (χ1) is 5.65. The molecule has 0 aliphatic carbocycles. The van der Waals surface area contributed by atoms with Gasteiger partial charge in [0, 0.05) is 0 Å². The number of halogens is 1. The van der Waals surface area contributed by atoms with E-state index in [1.54, 1.807) is 0 Å². The molecule has 5 heteroatoms. The summed E-state index contributed by atoms with van der Waals surface area (Å²) in [4.78, 5) is 20.8. The van der Waals surface area contributed by atoms with Crippen molar-refractivity contribution in [2.24, 2.45) is 0 Å². The number of carbonyl (C=O) groups is 2. The van der Waals surface area contributed by atoms with E-state index in [-0.39, 0.29) is 11.5 Å². The van der Waals surface area contributed by atoms with Crippen LogP contribution in [-0.2, 0) is 0 Å². The second kappa shape index (κ2) is 3.17. The summed E-state index contributed by atoms with van der Waals surface area (Å²) in [5.41, 5.74) is 0. The summed E-state index contributed by atoms with van der Waals surface area (Å²) in [5.74, 6) is -2.78. The molecular formula is C7H5FO4. The Morgan fingerprint density at radius 2 is 2.00 bits per heavy atom. The lowest BCUT2D eigenvalue weighted by Gasteiger charge is -1.87. The quantitative estimate of drug-likeness (QED) is 0.694. The van der Waals surface area contributed by atoms with E-state index in [0.717, 1.165) is 12.1 Å². The molecule has 1 rings (SSSR count). The molecule has 0 spiro atoms. The summed E-state index contributed by atoms with van der Waals surface area (Å²) in [6.07, 6.45) is 0. The van der Waals surface area contributed by atoms with Crippen LogP contribution in [0.4, 0.5) is 4.39 Å². The molecule has 1 heterocycles. The number of aromatic carboxylic acids is 1. The molecule has 0 amide bonds. The molecule has 0 radical (unpaired) electrons. The molecule has 0 bridgehead atoms. The zero-order chi connectivity index (χ0) is 9.14. The largest absolute Gasteiger partial charge is 0.475 e. The molecule has 0 fully saturated rings. The van der Waals surface area contributed by atoms with Crippen LogP contribution in [0.15, 0.2) is 16.5 Å². The molecule has 0 saturated heterocycles. The van der Waals surface area contributed by atoms with Gasteiger partial charge in [-0.25, -0.2) is 9.18 Å². The third-order valence-corrected chi connectivity index (χ3v) is 1.21. The van der Waals surface area contributed by atoms with Crippen LogP contribution < -0.4 is 0 Å². The fourth-order valence-electron chi connectivity index (χ4n) is 0.669. The first-order valence-electron chi connectivity index (χ1n) is 3.07. The minimum absolute atomic E-state index is 0.269. The zero-order valence-electron chi connectivity index (χ0n) is 5.91. The maximum absolute atomic E-state index is 11.7. The van der Waals surface area contributed by atoms with Crippen LogP contribution in [0.5, 0.6) is 0 Å². The zero-order valence-corrected chi connectivity index (χ0v) is 5.91. The van der Waals surface area contributed by atoms with Crippen LogP contribution in [0, 0.1) is 0 Å². The van der Waals surface area contributed by atoms with E-state index in [9.17, 15) is 14.0 Å². The molecule has 12 heavy (non-hydrogen) atoms. The highest BCUT2D eigenvalue weighted by atomic mass is 19.1. The third-order valence-electron chi connectivity index (χ3n) is 1.21. The van der Waals surface area contributed by atoms with Crippen LogP contribution in [0.25, 0.3) is 0 Å². The van der Waals surface area contributed by atoms with Crippen molar-refractivity contribution in [3.05, 3.63) is 23.7 Å². The Hall–Kier alpha value is -1.65. The highest BCUT2D eigenvalue weighted by Crippen LogP contribution is 2.08. The average molecular weight is 172 g/mol. The molecule has 4 nitrogen and oxygen atoms in total. The van der Waals surface area contributed by atoms with E-state index >= 15 is 0 Å². The summed E-state index contributed by atoms with van der Waals surface area (Å²) < 4.78 is 16.2. The third kappa shape index (κ3) is 1.50. The Balaban J connectivity index is 2.91. The molecule has 0 unspecified atom stereocenters. The van der Waals surface area contributed by atoms with Crippen LogP contribution >= 0.6 is 0 Å². The lowest BCUT2D eigenvalue weighted by Crippen LogP contribution is -1.99. The number of hydrogen-bond donors (Lipinski definition) is 1. The van der Waals surface area contributed by atoms with Gasteiger partial charge in [-0.15, -0.1) is 0 Å². The van der Waals surface area contributed by atoms with Crippen LogP contribution in [-0.4, -0.2) is 23.5 Å². The van der Waals surface area contributed by atoms with Crippen molar-refractivity contribution in [1.29, 1.82) is 0 Å². The lowest BCUT2D eigenvalue weighted by molar-refractivity contribution is 0.0659. The first-order valence-corrected chi connectivity index (χ1v) is 3.07. The molecule has 0 atom stereocenters. The van der Waals surface area contributed by atoms with E-state index in [1.807, 2.05) is 0 Å². The lowest BCUT2D eigenvalue weighted by atomic mass is 10.3. The Morgan fingerprint density at radius 1 is 1.42 bits per heavy atom. The van der Waals surface area contributed by atoms with Crippen LogP contribution in [0.2, 0.25) is 0 Å². The van der Waals surface area contributed by atoms with Crippen molar-refractivity contribution in [3.8, 4) is 0 Å². The highest BCUT2D eigenvalue weighted by Gasteiger charge is 2.13. The standard InChI is InChI=1S/C7H5FO4/c8-3-4(9)5-1-2-6(12-5)7(10)11/h1-2H,3H2,(H,10,11). The molecule has 0 saturated carbocycles. The van der Waals surface area contributed by atoms with Gasteiger partial charge in [0.1, 0.15) is 0 Å². The number of alkyl halides is 1. The monoisotopic (exact) mass is 172 g/mol. The minimum atomic E-state index is -1.28. The summed E-state index contributed by atoms with van der Waals surface area (Å²) in [6, 6.07) is 2.23. The van der Waals surface area contributed by atoms with Gasteiger partial charge in [-0.05, 0) is 12.1 Å². The molecule has 0 aromatic carbocycles. The maximum atomic E-state index is 11.7. The van der Waals surface area contributed by atoms with Gasteiger partial charge in [-0.1, -0.05) is 0 Å². The number of carboxylic acid groups (broad SMARTS) is 1. The second-order valence-corrected chi connectivity index (χ2v) is 2.03. The van der Waals surface area contributed by atoms with Gasteiger partial charge in [0.2, 0.25) is 11.5 Å². The average Bonchev–Trinajstić information content (AvgIpc) is 2.51. The van der Waals surface area contributed by atoms with Crippen molar-refractivity contribution in [3.63, 3.8) is 0 Å². The Labute approximate surface area is 66.6 Å². The second-order valence-electron chi connectivity index (χ2n) is 2.03. The minimum Gasteiger partial charge on any atom is -0.475 e. The molecule has 1 N–H and O–H groups in total. The summed E-state index contributed by atoms with van der Waals surface area (Å²) in [7, 11) is 0. The Bertz CT molecular complexity index is 315. The van der Waals surface area contributed by atoms with Crippen molar-refractivity contribution in [2.75, 3.05) is 6.67 Å². The van der Waals surface area contributed by atoms with E-state index in [1.165, 1.54) is 0 Å². The SMILES string of the molecule is O=C(O)c1ccc(C(=O)CF)o1. The van der Waals surface area contributed by atoms with Gasteiger partial charge in [0.05, 0.1) is 0 Å². The molecule has 1 aromatic rings. The van der Waals surface area contributed by atoms with Gasteiger partial charge in [0.15, 0.2) is 12.4 Å². The number of Topliss-reactive ketones (excluding diaryl/α,β-unsaturated/α-hetero) is 1. The van der Waals surface area contributed by atoms with Gasteiger partial charge in [-0.2, -0.15) is 0 Å². The van der Waals surface area contributed by atoms with Gasteiger partial charge in [-0.3, -0.25) is 4.79 Å². The number of carboxylic acids is 1. The summed E-state index contributed by atoms with van der Waals surface area (Å²) in [5, 5.41) is 8.35. The normalized spacial score (nSPS) is 9.75. The van der Waals surface area contributed by atoms with E-state index < -0.39 is 18.4 Å². The topological polar surface area (TPSA) is 67.5 Å². The molecule has 0 aliphatic heterocycles. The summed E-state index contributed by atoms with van der Waals surface area (Å²) >= 11 is 0. The van der Waals surface area contributed by atoms with Gasteiger partial charge >= 0.3 is 5.97 Å². The van der Waals surface area contributed by atoms with Crippen LogP contribution in [0.3, 0.4) is 0 Å². The summed E-state index contributed by atoms with van der Waals surface area (Å²) in [6.45, 7) is -1.19. The van der Waals surface area contributed by atoms with Gasteiger partial charge < -0.3 is 9.52 Å². The molecule has 0 aliphatic rings. The van der Waals surface area contributed by atoms with E-state index in [0.29, 0.717) is 0 Å². The number of carbonyl (C=O) groups excluding carboxylic acids is 1. The molecule has 64 valence electrons. The van der Waals surface area contributed by atoms with Crippen LogP contribution in [0.1, 0.15) is 21.1 Å². The van der Waals surface area contributed by atoms with E-state index in [4.69, 9.17) is 5.11 Å². The molecule has 1 aromatic heterocycles. The van der Waals surface area contributed by atoms with E-state index in [2.05, 4.69) is 4.42 Å². The van der Waals surface area contributed by atoms with Crippen molar-refractivity contribution < 1.29 is 23.5 Å². The fraction of sp³-hybridized carbons (Fsp3) is 0.143. The molecular weight excluding hydrogens is 167 g/mol. The van der Waals surface area contributed by atoms with Crippen molar-refractivity contribution in [2.45, 2.75) is 0 Å². The van der Waals surface area contributed by atoms with Crippen molar-refractivity contribution in [1.82, 2.24) is 0 Å². The Kier molecular flexibility index (Phi) is 2.23. The number of ketones is 1. The number of hydrogen-bond acceptors (Lipinski definition) is 3. The van der Waals surface area contributed by atoms with Gasteiger partial charge in [0.25, 0.3) is 0 Å². The fourth-order valence-corrected chi connectivity index (χ4v) is 0.669. The predicted molar refractivity (Wildman–Crippen MR) is 36.0 cm³/mol. The van der Waals surface area contributed by atoms with Crippen molar-refractivity contribution >= 4 is 11.8 Å². The smallest absolute Gasteiger partial charge is 0.371 e. The predicted octanol–water partition coefficient (Wildman–Crippen LogP) is 1.13.